The van der Waals surface area contributed by atoms with Gasteiger partial charge in [-0.2, -0.15) is 0 Å². The van der Waals surface area contributed by atoms with Crippen LogP contribution < -0.4 is 10.6 Å². The smallest absolute Gasteiger partial charge is 0.275 e. The Bertz CT molecular complexity index is 846. The topological polar surface area (TPSA) is 101 Å². The van der Waals surface area contributed by atoms with Crippen molar-refractivity contribution in [2.45, 2.75) is 38.5 Å². The lowest BCUT2D eigenvalue weighted by Crippen LogP contribution is -2.51. The molecule has 26 heavy (non-hydrogen) atoms. The molecule has 3 amide bonds. The number of carbonyl (C=O) groups excluding carboxylic acids is 3. The number of amides is 3. The van der Waals surface area contributed by atoms with Gasteiger partial charge in [-0.3, -0.25) is 24.7 Å². The zero-order valence-corrected chi connectivity index (χ0v) is 14.7. The van der Waals surface area contributed by atoms with Crippen LogP contribution in [0.15, 0.2) is 36.7 Å². The quantitative estimate of drug-likeness (QED) is 0.821. The van der Waals surface area contributed by atoms with Crippen LogP contribution >= 0.6 is 0 Å². The first-order valence-corrected chi connectivity index (χ1v) is 8.49. The summed E-state index contributed by atoms with van der Waals surface area (Å²) in [6.45, 7) is 3.73. The number of nitrogens with zero attached hydrogens (tertiary/aromatic N) is 2. The summed E-state index contributed by atoms with van der Waals surface area (Å²) in [6, 6.07) is 7.12. The maximum Gasteiger partial charge on any atom is 0.275 e. The van der Waals surface area contributed by atoms with Crippen molar-refractivity contribution in [1.82, 2.24) is 15.3 Å². The fourth-order valence-electron chi connectivity index (χ4n) is 3.14. The molecule has 7 nitrogen and oxygen atoms in total. The lowest BCUT2D eigenvalue weighted by Gasteiger charge is -2.35. The highest BCUT2D eigenvalue weighted by Gasteiger charge is 2.42. The number of hydrogen-bond donors (Lipinski definition) is 2. The van der Waals surface area contributed by atoms with Crippen LogP contribution in [0.25, 0.3) is 0 Å². The van der Waals surface area contributed by atoms with E-state index in [1.54, 1.807) is 19.1 Å². The van der Waals surface area contributed by atoms with E-state index in [1.807, 2.05) is 19.1 Å². The molecular formula is C19H20N4O3. The average Bonchev–Trinajstić information content (AvgIpc) is 2.64. The highest BCUT2D eigenvalue weighted by atomic mass is 16.2. The molecule has 1 aliphatic rings. The van der Waals surface area contributed by atoms with Crippen molar-refractivity contribution < 1.29 is 14.4 Å². The van der Waals surface area contributed by atoms with Crippen LogP contribution in [-0.2, 0) is 15.0 Å². The van der Waals surface area contributed by atoms with Gasteiger partial charge < -0.3 is 5.32 Å². The molecule has 1 atom stereocenters. The van der Waals surface area contributed by atoms with Crippen molar-refractivity contribution in [1.29, 1.82) is 0 Å². The Morgan fingerprint density at radius 3 is 2.50 bits per heavy atom. The number of benzene rings is 1. The van der Waals surface area contributed by atoms with Crippen molar-refractivity contribution in [2.75, 3.05) is 5.32 Å². The molecule has 2 N–H and O–H groups in total. The summed E-state index contributed by atoms with van der Waals surface area (Å²) in [7, 11) is 0. The Balaban J connectivity index is 1.77. The fraction of sp³-hybridized carbons (Fsp3) is 0.316. The highest BCUT2D eigenvalue weighted by molar-refractivity contribution is 6.04. The third kappa shape index (κ3) is 3.33. The number of hydrogen-bond acceptors (Lipinski definition) is 5. The van der Waals surface area contributed by atoms with Gasteiger partial charge in [0.25, 0.3) is 5.91 Å². The van der Waals surface area contributed by atoms with Crippen LogP contribution in [0.4, 0.5) is 5.69 Å². The van der Waals surface area contributed by atoms with E-state index in [1.165, 1.54) is 12.4 Å². The summed E-state index contributed by atoms with van der Waals surface area (Å²) in [5.41, 5.74) is 1.69. The molecule has 0 aliphatic carbocycles. The van der Waals surface area contributed by atoms with Crippen LogP contribution in [-0.4, -0.2) is 27.7 Å². The van der Waals surface area contributed by atoms with E-state index in [-0.39, 0.29) is 23.4 Å². The second-order valence-electron chi connectivity index (χ2n) is 6.39. The monoisotopic (exact) mass is 352 g/mol. The van der Waals surface area contributed by atoms with Crippen molar-refractivity contribution in [3.63, 3.8) is 0 Å². The standard InChI is InChI=1S/C19H20N4O3/c1-3-19(9-8-16(24)23-18(19)26)13-4-6-14(7-5-13)22-17(25)15-11-20-12(2)10-21-15/h4-7,10-11H,3,8-9H2,1-2H3,(H,22,25)(H,23,24,26). The van der Waals surface area contributed by atoms with Crippen molar-refractivity contribution in [3.8, 4) is 0 Å². The Labute approximate surface area is 151 Å². The van der Waals surface area contributed by atoms with E-state index in [0.29, 0.717) is 24.9 Å². The number of piperidine rings is 1. The minimum atomic E-state index is -0.709. The maximum atomic E-state index is 12.4. The Hall–Kier alpha value is -3.09. The maximum absolute atomic E-state index is 12.4. The number of aromatic nitrogens is 2. The van der Waals surface area contributed by atoms with E-state index < -0.39 is 5.41 Å². The molecule has 1 aromatic carbocycles. The van der Waals surface area contributed by atoms with Gasteiger partial charge in [-0.15, -0.1) is 0 Å². The molecule has 1 aliphatic heterocycles. The molecule has 0 spiro atoms. The predicted octanol–water partition coefficient (Wildman–Crippen LogP) is 2.12. The van der Waals surface area contributed by atoms with E-state index >= 15 is 0 Å². The van der Waals surface area contributed by atoms with Gasteiger partial charge in [-0.1, -0.05) is 19.1 Å². The summed E-state index contributed by atoms with van der Waals surface area (Å²) in [5.74, 6) is -0.846. The van der Waals surface area contributed by atoms with Gasteiger partial charge in [0.2, 0.25) is 11.8 Å². The van der Waals surface area contributed by atoms with Gasteiger partial charge in [0, 0.05) is 18.3 Å². The average molecular weight is 352 g/mol. The molecule has 0 radical (unpaired) electrons. The molecule has 1 unspecified atom stereocenters. The Kier molecular flexibility index (Phi) is 4.79. The van der Waals surface area contributed by atoms with Crippen LogP contribution in [0, 0.1) is 6.92 Å². The molecule has 0 saturated carbocycles. The van der Waals surface area contributed by atoms with Gasteiger partial charge in [-0.05, 0) is 37.5 Å². The summed E-state index contributed by atoms with van der Waals surface area (Å²) in [4.78, 5) is 44.2. The molecule has 0 bridgehead atoms. The molecular weight excluding hydrogens is 332 g/mol. The Morgan fingerprint density at radius 2 is 1.92 bits per heavy atom. The van der Waals surface area contributed by atoms with E-state index in [4.69, 9.17) is 0 Å². The van der Waals surface area contributed by atoms with Crippen LogP contribution in [0.5, 0.6) is 0 Å². The zero-order chi connectivity index (χ0) is 18.7. The van der Waals surface area contributed by atoms with E-state index in [0.717, 1.165) is 11.3 Å². The zero-order valence-electron chi connectivity index (χ0n) is 14.7. The van der Waals surface area contributed by atoms with Gasteiger partial charge in [0.05, 0.1) is 17.3 Å². The summed E-state index contributed by atoms with van der Waals surface area (Å²) in [6.07, 6.45) is 4.36. The molecule has 1 aromatic heterocycles. The summed E-state index contributed by atoms with van der Waals surface area (Å²) < 4.78 is 0. The van der Waals surface area contributed by atoms with E-state index in [2.05, 4.69) is 20.6 Å². The fourth-order valence-corrected chi connectivity index (χ4v) is 3.14. The first kappa shape index (κ1) is 17.7. The SMILES string of the molecule is CCC1(c2ccc(NC(=O)c3cnc(C)cn3)cc2)CCC(=O)NC1=O. The first-order valence-electron chi connectivity index (χ1n) is 8.49. The molecule has 134 valence electrons. The third-order valence-corrected chi connectivity index (χ3v) is 4.78. The number of aryl methyl sites for hydroxylation is 1. The first-order chi connectivity index (χ1) is 12.4. The second kappa shape index (κ2) is 7.03. The number of rotatable bonds is 4. The predicted molar refractivity (Wildman–Crippen MR) is 95.5 cm³/mol. The minimum absolute atomic E-state index is 0.231. The van der Waals surface area contributed by atoms with Crippen molar-refractivity contribution in [2.24, 2.45) is 0 Å². The normalized spacial score (nSPS) is 19.8. The van der Waals surface area contributed by atoms with Gasteiger partial charge in [0.15, 0.2) is 0 Å². The largest absolute Gasteiger partial charge is 0.321 e. The summed E-state index contributed by atoms with van der Waals surface area (Å²) >= 11 is 0. The third-order valence-electron chi connectivity index (χ3n) is 4.78. The molecule has 1 saturated heterocycles. The number of carbonyl (C=O) groups is 3. The summed E-state index contributed by atoms with van der Waals surface area (Å²) in [5, 5.41) is 5.19. The molecule has 3 rings (SSSR count). The number of imide groups is 1. The molecule has 1 fully saturated rings. The number of nitrogens with one attached hydrogen (secondary N) is 2. The van der Waals surface area contributed by atoms with Gasteiger partial charge in [-0.25, -0.2) is 4.98 Å². The van der Waals surface area contributed by atoms with Gasteiger partial charge >= 0.3 is 0 Å². The van der Waals surface area contributed by atoms with Crippen LogP contribution in [0.3, 0.4) is 0 Å². The van der Waals surface area contributed by atoms with Crippen molar-refractivity contribution >= 4 is 23.4 Å². The van der Waals surface area contributed by atoms with Crippen LogP contribution in [0.1, 0.15) is 47.9 Å². The van der Waals surface area contributed by atoms with Crippen molar-refractivity contribution in [3.05, 3.63) is 53.6 Å². The van der Waals surface area contributed by atoms with E-state index in [9.17, 15) is 14.4 Å². The minimum Gasteiger partial charge on any atom is -0.321 e. The molecule has 2 heterocycles. The molecule has 7 heteroatoms. The lowest BCUT2D eigenvalue weighted by atomic mass is 9.72. The van der Waals surface area contributed by atoms with Crippen LogP contribution in [0.2, 0.25) is 0 Å². The molecule has 2 aromatic rings. The second-order valence-corrected chi connectivity index (χ2v) is 6.39. The number of anilines is 1. The Morgan fingerprint density at radius 1 is 1.19 bits per heavy atom. The highest BCUT2D eigenvalue weighted by Crippen LogP contribution is 2.36. The van der Waals surface area contributed by atoms with Gasteiger partial charge in [0.1, 0.15) is 5.69 Å². The lowest BCUT2D eigenvalue weighted by molar-refractivity contribution is -0.138.